The monoisotopic (exact) mass is 757 g/mol. The zero-order chi connectivity index (χ0) is 38.8. The molecule has 0 saturated heterocycles. The molecule has 0 unspecified atom stereocenters. The van der Waals surface area contributed by atoms with E-state index in [1.165, 1.54) is 0 Å². The minimum absolute atomic E-state index is 0.139. The highest BCUT2D eigenvalue weighted by atomic mass is 16.5. The Morgan fingerprint density at radius 1 is 0.636 bits per heavy atom. The van der Waals surface area contributed by atoms with E-state index in [0.29, 0.717) is 114 Å². The standard InChI is InChI=1S/C37H47N11O7/c1-51-32-13-7-28(8-14-32)27-42-36-45-35(41-17-21-54-24-23-52-19-15-39-33(49)29-5-3-2-4-6-29)46-37(47-36)44-31-11-9-30(10-12-31)34(50)40-16-20-53-25-26-55-22-18-43-48-38/h2-14H,15-27H2,1H3,(H,39,49)(H,40,50)(H3,41,42,44,45,46,47). The lowest BCUT2D eigenvalue weighted by atomic mass is 10.2. The number of rotatable bonds is 27. The van der Waals surface area contributed by atoms with Crippen molar-refractivity contribution in [3.05, 3.63) is 106 Å². The van der Waals surface area contributed by atoms with Gasteiger partial charge < -0.3 is 50.3 Å². The molecule has 0 bridgehead atoms. The van der Waals surface area contributed by atoms with Crippen LogP contribution < -0.4 is 31.3 Å². The maximum Gasteiger partial charge on any atom is 0.251 e. The molecule has 18 heteroatoms. The second kappa shape index (κ2) is 25.1. The van der Waals surface area contributed by atoms with E-state index in [9.17, 15) is 9.59 Å². The topological polar surface area (TPSA) is 228 Å². The lowest BCUT2D eigenvalue weighted by molar-refractivity contribution is 0.0511. The van der Waals surface area contributed by atoms with Crippen molar-refractivity contribution in [3.63, 3.8) is 0 Å². The van der Waals surface area contributed by atoms with Gasteiger partial charge in [-0.2, -0.15) is 15.0 Å². The van der Waals surface area contributed by atoms with Crippen molar-refractivity contribution < 1.29 is 33.3 Å². The van der Waals surface area contributed by atoms with Crippen molar-refractivity contribution in [2.45, 2.75) is 6.54 Å². The highest BCUT2D eigenvalue weighted by molar-refractivity contribution is 5.94. The highest BCUT2D eigenvalue weighted by Gasteiger charge is 2.10. The number of ether oxygens (including phenoxy) is 5. The first-order chi connectivity index (χ1) is 27.0. The molecule has 0 saturated carbocycles. The first-order valence-corrected chi connectivity index (χ1v) is 17.7. The molecule has 5 N–H and O–H groups in total. The molecule has 2 amide bonds. The molecular formula is C37H47N11O7. The molecule has 0 aliphatic carbocycles. The fourth-order valence-electron chi connectivity index (χ4n) is 4.64. The van der Waals surface area contributed by atoms with Gasteiger partial charge in [-0.05, 0) is 59.6 Å². The van der Waals surface area contributed by atoms with Crippen LogP contribution in [0.3, 0.4) is 0 Å². The first kappa shape index (κ1) is 41.7. The molecule has 0 fully saturated rings. The molecule has 4 aromatic rings. The van der Waals surface area contributed by atoms with Gasteiger partial charge in [0.25, 0.3) is 11.8 Å². The van der Waals surface area contributed by atoms with Gasteiger partial charge >= 0.3 is 0 Å². The van der Waals surface area contributed by atoms with Gasteiger partial charge in [0.1, 0.15) is 5.75 Å². The van der Waals surface area contributed by atoms with Crippen LogP contribution in [0.15, 0.2) is 84.0 Å². The number of carbonyl (C=O) groups excluding carboxylic acids is 2. The summed E-state index contributed by atoms with van der Waals surface area (Å²) in [5, 5.41) is 18.6. The third kappa shape index (κ3) is 16.7. The fraction of sp³-hybridized carbons (Fsp3) is 0.378. The number of benzene rings is 3. The molecule has 0 aliphatic heterocycles. The van der Waals surface area contributed by atoms with Crippen molar-refractivity contribution in [2.75, 3.05) is 102 Å². The molecule has 292 valence electrons. The number of amides is 2. The molecule has 1 heterocycles. The highest BCUT2D eigenvalue weighted by Crippen LogP contribution is 2.18. The Kier molecular flexibility index (Phi) is 19.0. The summed E-state index contributed by atoms with van der Waals surface area (Å²) in [5.41, 5.74) is 11.0. The maximum atomic E-state index is 12.6. The summed E-state index contributed by atoms with van der Waals surface area (Å²) in [7, 11) is 1.62. The number of methoxy groups -OCH3 is 1. The largest absolute Gasteiger partial charge is 0.497 e. The third-order valence-electron chi connectivity index (χ3n) is 7.42. The molecule has 4 rings (SSSR count). The molecule has 0 aliphatic rings. The minimum Gasteiger partial charge on any atom is -0.497 e. The lowest BCUT2D eigenvalue weighted by Crippen LogP contribution is -2.27. The van der Waals surface area contributed by atoms with E-state index >= 15 is 0 Å². The first-order valence-electron chi connectivity index (χ1n) is 17.7. The van der Waals surface area contributed by atoms with E-state index in [4.69, 9.17) is 29.2 Å². The van der Waals surface area contributed by atoms with Crippen molar-refractivity contribution in [3.8, 4) is 5.75 Å². The van der Waals surface area contributed by atoms with Crippen LogP contribution in [0.2, 0.25) is 0 Å². The summed E-state index contributed by atoms with van der Waals surface area (Å²) in [6, 6.07) is 23.6. The number of nitrogens with zero attached hydrogens (tertiary/aromatic N) is 6. The van der Waals surface area contributed by atoms with Crippen LogP contribution >= 0.6 is 0 Å². The van der Waals surface area contributed by atoms with Crippen LogP contribution in [0.5, 0.6) is 5.75 Å². The maximum absolute atomic E-state index is 12.6. The molecule has 3 aromatic carbocycles. The second-order valence-corrected chi connectivity index (χ2v) is 11.4. The Morgan fingerprint density at radius 2 is 1.18 bits per heavy atom. The summed E-state index contributed by atoms with van der Waals surface area (Å²) in [4.78, 5) is 40.9. The number of nitrogens with one attached hydrogen (secondary N) is 5. The van der Waals surface area contributed by atoms with Gasteiger partial charge in [-0.25, -0.2) is 0 Å². The average molecular weight is 758 g/mol. The normalized spacial score (nSPS) is 10.6. The Balaban J connectivity index is 1.21. The summed E-state index contributed by atoms with van der Waals surface area (Å²) in [5.74, 6) is 1.36. The average Bonchev–Trinajstić information content (AvgIpc) is 3.22. The number of anilines is 4. The molecule has 1 aromatic heterocycles. The number of azide groups is 1. The Hall–Kier alpha value is -6.04. The van der Waals surface area contributed by atoms with Gasteiger partial charge in [-0.1, -0.05) is 35.4 Å². The number of hydrogen-bond donors (Lipinski definition) is 5. The predicted molar refractivity (Wildman–Crippen MR) is 207 cm³/mol. The van der Waals surface area contributed by atoms with Crippen molar-refractivity contribution in [2.24, 2.45) is 5.11 Å². The molecule has 0 radical (unpaired) electrons. The second-order valence-electron chi connectivity index (χ2n) is 11.4. The Morgan fingerprint density at radius 3 is 1.78 bits per heavy atom. The van der Waals surface area contributed by atoms with E-state index in [-0.39, 0.29) is 18.4 Å². The van der Waals surface area contributed by atoms with Gasteiger partial charge in [0.2, 0.25) is 17.8 Å². The van der Waals surface area contributed by atoms with E-state index in [1.807, 2.05) is 42.5 Å². The lowest BCUT2D eigenvalue weighted by Gasteiger charge is -2.12. The van der Waals surface area contributed by atoms with Crippen LogP contribution in [0.4, 0.5) is 23.5 Å². The zero-order valence-corrected chi connectivity index (χ0v) is 30.7. The summed E-state index contributed by atoms with van der Waals surface area (Å²) in [6.45, 7) is 4.81. The molecule has 0 spiro atoms. The molecular weight excluding hydrogens is 710 g/mol. The van der Waals surface area contributed by atoms with Crippen molar-refractivity contribution >= 4 is 35.3 Å². The third-order valence-corrected chi connectivity index (χ3v) is 7.42. The van der Waals surface area contributed by atoms with E-state index in [1.54, 1.807) is 43.5 Å². The van der Waals surface area contributed by atoms with Gasteiger partial charge in [0.05, 0.1) is 60.0 Å². The van der Waals surface area contributed by atoms with Crippen molar-refractivity contribution in [1.29, 1.82) is 0 Å². The van der Waals surface area contributed by atoms with Crippen LogP contribution in [-0.2, 0) is 25.5 Å². The van der Waals surface area contributed by atoms with Crippen LogP contribution in [0.25, 0.3) is 10.4 Å². The van der Waals surface area contributed by atoms with Crippen LogP contribution in [0, 0.1) is 0 Å². The number of hydrogen-bond acceptors (Lipinski definition) is 14. The zero-order valence-electron chi connectivity index (χ0n) is 30.7. The van der Waals surface area contributed by atoms with Gasteiger partial charge in [0, 0.05) is 54.4 Å². The van der Waals surface area contributed by atoms with Crippen LogP contribution in [0.1, 0.15) is 26.3 Å². The molecule has 55 heavy (non-hydrogen) atoms. The minimum atomic E-state index is -0.237. The summed E-state index contributed by atoms with van der Waals surface area (Å²) in [6.07, 6.45) is 0. The van der Waals surface area contributed by atoms with Crippen LogP contribution in [-0.4, -0.2) is 113 Å². The summed E-state index contributed by atoms with van der Waals surface area (Å²) >= 11 is 0. The number of carbonyl (C=O) groups is 2. The van der Waals surface area contributed by atoms with Crippen molar-refractivity contribution in [1.82, 2.24) is 25.6 Å². The fourth-order valence-corrected chi connectivity index (χ4v) is 4.64. The number of aromatic nitrogens is 3. The Bertz CT molecular complexity index is 1760. The van der Waals surface area contributed by atoms with E-state index in [2.05, 4.69) is 51.6 Å². The van der Waals surface area contributed by atoms with Gasteiger partial charge in [-0.3, -0.25) is 9.59 Å². The SMILES string of the molecule is COc1ccc(CNc2nc(NCCOCCOCCNC(=O)c3ccccc3)nc(Nc3ccc(C(=O)NCCOCCOCCN=[N+]=[N-])cc3)n2)cc1. The molecule has 0 atom stereocenters. The van der Waals surface area contributed by atoms with E-state index in [0.717, 1.165) is 11.3 Å². The quantitative estimate of drug-likeness (QED) is 0.0249. The van der Waals surface area contributed by atoms with E-state index < -0.39 is 0 Å². The Labute approximate surface area is 319 Å². The summed E-state index contributed by atoms with van der Waals surface area (Å²) < 4.78 is 27.2. The van der Waals surface area contributed by atoms with Gasteiger partial charge in [-0.15, -0.1) is 0 Å². The smallest absolute Gasteiger partial charge is 0.251 e. The molecule has 18 nitrogen and oxygen atoms in total. The van der Waals surface area contributed by atoms with Gasteiger partial charge in [0.15, 0.2) is 0 Å². The predicted octanol–water partition coefficient (Wildman–Crippen LogP) is 4.18.